The molecule has 0 atom stereocenters. The summed E-state index contributed by atoms with van der Waals surface area (Å²) in [5.41, 5.74) is 5.44. The third kappa shape index (κ3) is 4.94. The summed E-state index contributed by atoms with van der Waals surface area (Å²) in [6.45, 7) is 1.17. The molecule has 1 aromatic carbocycles. The molecule has 0 saturated carbocycles. The van der Waals surface area contributed by atoms with Crippen molar-refractivity contribution in [2.45, 2.75) is 13.0 Å². The van der Waals surface area contributed by atoms with E-state index in [-0.39, 0.29) is 0 Å². The molecule has 0 spiro atoms. The number of fused-ring (bicyclic) bond motifs is 1. The first kappa shape index (κ1) is 23.3. The van der Waals surface area contributed by atoms with Crippen molar-refractivity contribution in [3.05, 3.63) is 91.2 Å². The van der Waals surface area contributed by atoms with Crippen molar-refractivity contribution in [3.63, 3.8) is 0 Å². The van der Waals surface area contributed by atoms with Gasteiger partial charge in [-0.05, 0) is 11.6 Å². The van der Waals surface area contributed by atoms with E-state index in [1.165, 1.54) is 0 Å². The summed E-state index contributed by atoms with van der Waals surface area (Å²) >= 11 is 0. The van der Waals surface area contributed by atoms with Crippen LogP contribution in [-0.4, -0.2) is 50.5 Å². The number of aryl methyl sites for hydroxylation is 2. The maximum absolute atomic E-state index is 5.93. The normalized spacial score (nSPS) is 11.2. The quantitative estimate of drug-likeness (QED) is 0.317. The van der Waals surface area contributed by atoms with Crippen molar-refractivity contribution in [1.82, 2.24) is 43.9 Å². The molecule has 0 saturated heterocycles. The lowest BCUT2D eigenvalue weighted by Crippen LogP contribution is -2.06. The molecule has 38 heavy (non-hydrogen) atoms. The average molecular weight is 507 g/mol. The number of imidazole rings is 2. The smallest absolute Gasteiger partial charge is 0.140 e. The first-order valence-corrected chi connectivity index (χ1v) is 12.2. The first-order valence-electron chi connectivity index (χ1n) is 12.2. The second-order valence-electron chi connectivity index (χ2n) is 8.85. The lowest BCUT2D eigenvalue weighted by atomic mass is 10.1. The van der Waals surface area contributed by atoms with Crippen molar-refractivity contribution < 1.29 is 4.74 Å². The van der Waals surface area contributed by atoms with E-state index >= 15 is 0 Å². The largest absolute Gasteiger partial charge is 0.493 e. The van der Waals surface area contributed by atoms with Crippen molar-refractivity contribution in [3.8, 4) is 28.4 Å². The number of aromatic nitrogens is 9. The minimum Gasteiger partial charge on any atom is -0.493 e. The zero-order chi connectivity index (χ0) is 25.9. The molecular formula is C27H26N10O. The SMILES string of the molecule is Cn1ncc(-c2ccc(CNc3cc(-c4cnc5cc(OCCc6nccn6C)ccn45)ncn3)cc2)n1. The molecule has 6 rings (SSSR count). The molecule has 6 aromatic rings. The number of pyridine rings is 1. The van der Waals surface area contributed by atoms with Gasteiger partial charge in [-0.3, -0.25) is 4.40 Å². The standard InChI is InChI=1S/C27H26N10O/c1-35-11-9-28-26(35)8-12-38-21-7-10-37-24(17-30-27(37)13-21)22-14-25(32-18-31-22)29-15-19-3-5-20(6-4-19)23-16-33-36(2)34-23/h3-7,9-11,13-14,16-18H,8,12,15H2,1-2H3,(H,29,31,32). The van der Waals surface area contributed by atoms with Crippen molar-refractivity contribution in [1.29, 1.82) is 0 Å². The molecule has 0 fully saturated rings. The number of rotatable bonds is 9. The number of hydrogen-bond acceptors (Lipinski definition) is 8. The fraction of sp³-hybridized carbons (Fsp3) is 0.185. The molecule has 0 bridgehead atoms. The molecule has 0 aliphatic heterocycles. The van der Waals surface area contributed by atoms with E-state index in [1.54, 1.807) is 23.5 Å². The summed E-state index contributed by atoms with van der Waals surface area (Å²) in [5, 5.41) is 11.9. The van der Waals surface area contributed by atoms with E-state index in [9.17, 15) is 0 Å². The van der Waals surface area contributed by atoms with Crippen molar-refractivity contribution in [2.24, 2.45) is 14.1 Å². The second-order valence-corrected chi connectivity index (χ2v) is 8.85. The molecule has 190 valence electrons. The lowest BCUT2D eigenvalue weighted by molar-refractivity contribution is 0.317. The van der Waals surface area contributed by atoms with Crippen molar-refractivity contribution >= 4 is 11.5 Å². The fourth-order valence-corrected chi connectivity index (χ4v) is 4.20. The Hall–Kier alpha value is -5.06. The minimum atomic E-state index is 0.540. The molecule has 0 unspecified atom stereocenters. The number of nitrogens with zero attached hydrogens (tertiary/aromatic N) is 9. The Kier molecular flexibility index (Phi) is 6.22. The number of benzene rings is 1. The molecule has 5 aromatic heterocycles. The van der Waals surface area contributed by atoms with Gasteiger partial charge in [0.2, 0.25) is 0 Å². The van der Waals surface area contributed by atoms with Crippen LogP contribution >= 0.6 is 0 Å². The third-order valence-electron chi connectivity index (χ3n) is 6.25. The van der Waals surface area contributed by atoms with Gasteiger partial charge in [0, 0.05) is 63.3 Å². The Balaban J connectivity index is 1.11. The molecule has 11 heteroatoms. The van der Waals surface area contributed by atoms with Crippen LogP contribution in [0.4, 0.5) is 5.82 Å². The predicted molar refractivity (Wildman–Crippen MR) is 142 cm³/mol. The molecule has 1 N–H and O–H groups in total. The van der Waals surface area contributed by atoms with Crippen molar-refractivity contribution in [2.75, 3.05) is 11.9 Å². The summed E-state index contributed by atoms with van der Waals surface area (Å²) in [6.07, 6.45) is 11.5. The monoisotopic (exact) mass is 506 g/mol. The fourth-order valence-electron chi connectivity index (χ4n) is 4.20. The van der Waals surface area contributed by atoms with Gasteiger partial charge in [0.15, 0.2) is 0 Å². The van der Waals surface area contributed by atoms with E-state index in [0.29, 0.717) is 13.2 Å². The summed E-state index contributed by atoms with van der Waals surface area (Å²) in [5.74, 6) is 2.48. The Morgan fingerprint density at radius 3 is 2.58 bits per heavy atom. The number of anilines is 1. The molecule has 0 radical (unpaired) electrons. The highest BCUT2D eigenvalue weighted by Crippen LogP contribution is 2.23. The Morgan fingerprint density at radius 1 is 0.895 bits per heavy atom. The topological polar surface area (TPSA) is 113 Å². The van der Waals surface area contributed by atoms with E-state index in [1.807, 2.05) is 72.0 Å². The zero-order valence-corrected chi connectivity index (χ0v) is 21.1. The summed E-state index contributed by atoms with van der Waals surface area (Å²) in [4.78, 5) is 19.3. The van der Waals surface area contributed by atoms with E-state index in [2.05, 4.69) is 47.6 Å². The van der Waals surface area contributed by atoms with Gasteiger partial charge in [0.25, 0.3) is 0 Å². The highest BCUT2D eigenvalue weighted by Gasteiger charge is 2.10. The van der Waals surface area contributed by atoms with Gasteiger partial charge in [0.1, 0.15) is 35.1 Å². The Morgan fingerprint density at radius 2 is 1.79 bits per heavy atom. The van der Waals surface area contributed by atoms with Crippen LogP contribution in [0.3, 0.4) is 0 Å². The molecule has 0 aliphatic rings. The van der Waals surface area contributed by atoms with Crippen LogP contribution in [0.1, 0.15) is 11.4 Å². The van der Waals surface area contributed by atoms with Gasteiger partial charge in [-0.25, -0.2) is 19.9 Å². The highest BCUT2D eigenvalue weighted by molar-refractivity contribution is 5.63. The number of hydrogen-bond donors (Lipinski definition) is 1. The van der Waals surface area contributed by atoms with Gasteiger partial charge in [-0.15, -0.1) is 0 Å². The van der Waals surface area contributed by atoms with Crippen LogP contribution in [0.5, 0.6) is 5.75 Å². The van der Waals surface area contributed by atoms with Crippen LogP contribution in [-0.2, 0) is 27.1 Å². The van der Waals surface area contributed by atoms with Gasteiger partial charge in [-0.1, -0.05) is 24.3 Å². The zero-order valence-electron chi connectivity index (χ0n) is 21.1. The molecule has 11 nitrogen and oxygen atoms in total. The maximum atomic E-state index is 5.93. The number of nitrogens with one attached hydrogen (secondary N) is 1. The average Bonchev–Trinajstić information content (AvgIpc) is 3.68. The highest BCUT2D eigenvalue weighted by atomic mass is 16.5. The van der Waals surface area contributed by atoms with E-state index in [0.717, 1.165) is 57.7 Å². The van der Waals surface area contributed by atoms with Crippen LogP contribution in [0.2, 0.25) is 0 Å². The molecule has 5 heterocycles. The second kappa shape index (κ2) is 10.1. The van der Waals surface area contributed by atoms with Gasteiger partial charge >= 0.3 is 0 Å². The van der Waals surface area contributed by atoms with Crippen LogP contribution in [0.25, 0.3) is 28.3 Å². The van der Waals surface area contributed by atoms with E-state index < -0.39 is 0 Å². The maximum Gasteiger partial charge on any atom is 0.140 e. The summed E-state index contributed by atoms with van der Waals surface area (Å²) in [7, 11) is 3.79. The molecular weight excluding hydrogens is 480 g/mol. The van der Waals surface area contributed by atoms with Gasteiger partial charge in [0.05, 0.1) is 30.4 Å². The predicted octanol–water partition coefficient (Wildman–Crippen LogP) is 3.55. The molecule has 0 amide bonds. The van der Waals surface area contributed by atoms with Crippen LogP contribution in [0, 0.1) is 0 Å². The minimum absolute atomic E-state index is 0.540. The Labute approximate surface area is 218 Å². The summed E-state index contributed by atoms with van der Waals surface area (Å²) < 4.78 is 9.92. The van der Waals surface area contributed by atoms with Crippen LogP contribution in [0.15, 0.2) is 79.8 Å². The first-order chi connectivity index (χ1) is 18.6. The van der Waals surface area contributed by atoms with Crippen LogP contribution < -0.4 is 10.1 Å². The lowest BCUT2D eigenvalue weighted by Gasteiger charge is -2.09. The van der Waals surface area contributed by atoms with Gasteiger partial charge < -0.3 is 14.6 Å². The third-order valence-corrected chi connectivity index (χ3v) is 6.25. The van der Waals surface area contributed by atoms with E-state index in [4.69, 9.17) is 4.74 Å². The summed E-state index contributed by atoms with van der Waals surface area (Å²) in [6, 6.07) is 14.0. The van der Waals surface area contributed by atoms with Gasteiger partial charge in [-0.2, -0.15) is 15.0 Å². The number of ether oxygens (including phenoxy) is 1. The molecule has 0 aliphatic carbocycles. The Bertz CT molecular complexity index is 1680.